The maximum atomic E-state index is 6.08. The lowest BCUT2D eigenvalue weighted by atomic mass is 10.3. The van der Waals surface area contributed by atoms with Gasteiger partial charge in [-0.15, -0.1) is 0 Å². The number of likely N-dealkylation sites (N-methyl/N-ethyl adjacent to an activating group) is 1. The average Bonchev–Trinajstić information content (AvgIpc) is 2.31. The predicted molar refractivity (Wildman–Crippen MR) is 82.5 cm³/mol. The van der Waals surface area contributed by atoms with Crippen molar-refractivity contribution in [3.63, 3.8) is 0 Å². The fourth-order valence-corrected chi connectivity index (χ4v) is 2.46. The highest BCUT2D eigenvalue weighted by atomic mass is 127. The molecule has 0 aliphatic rings. The van der Waals surface area contributed by atoms with Crippen molar-refractivity contribution in [1.29, 1.82) is 0 Å². The van der Waals surface area contributed by atoms with Crippen LogP contribution in [0.2, 0.25) is 10.0 Å². The van der Waals surface area contributed by atoms with Crippen molar-refractivity contribution in [3.8, 4) is 5.75 Å². The first kappa shape index (κ1) is 15.3. The Kier molecular flexibility index (Phi) is 6.92. The predicted octanol–water partition coefficient (Wildman–Crippen LogP) is 4.32. The molecule has 0 aromatic heterocycles. The van der Waals surface area contributed by atoms with E-state index in [2.05, 4.69) is 41.3 Å². The molecule has 1 aromatic carbocycles. The molecule has 0 unspecified atom stereocenters. The fraction of sp³-hybridized carbons (Fsp3) is 0.500. The molecule has 0 radical (unpaired) electrons. The summed E-state index contributed by atoms with van der Waals surface area (Å²) in [5.41, 5.74) is 0. The van der Waals surface area contributed by atoms with Gasteiger partial charge in [0.05, 0.1) is 10.0 Å². The van der Waals surface area contributed by atoms with Gasteiger partial charge in [-0.2, -0.15) is 0 Å². The van der Waals surface area contributed by atoms with Crippen LogP contribution in [0.4, 0.5) is 0 Å². The van der Waals surface area contributed by atoms with Crippen LogP contribution in [-0.2, 0) is 0 Å². The molecule has 0 saturated carbocycles. The van der Waals surface area contributed by atoms with E-state index in [1.165, 1.54) is 0 Å². The van der Waals surface area contributed by atoms with Crippen molar-refractivity contribution in [3.05, 3.63) is 25.7 Å². The highest BCUT2D eigenvalue weighted by molar-refractivity contribution is 14.1. The van der Waals surface area contributed by atoms with Crippen LogP contribution >= 0.6 is 45.8 Å². The first-order valence-corrected chi connectivity index (χ1v) is 7.41. The summed E-state index contributed by atoms with van der Waals surface area (Å²) in [5.74, 6) is 0.657. The standard InChI is InChI=1S/C12H16Cl2INO/c1-3-16(4-2)5-6-17-12-8-9(13)11(15)7-10(12)14/h7-8H,3-6H2,1-2H3. The first-order chi connectivity index (χ1) is 8.08. The van der Waals surface area contributed by atoms with Crippen LogP contribution < -0.4 is 4.74 Å². The third-order valence-electron chi connectivity index (χ3n) is 2.53. The van der Waals surface area contributed by atoms with Gasteiger partial charge in [0.25, 0.3) is 0 Å². The number of hydrogen-bond acceptors (Lipinski definition) is 2. The smallest absolute Gasteiger partial charge is 0.139 e. The summed E-state index contributed by atoms with van der Waals surface area (Å²) in [6.45, 7) is 7.85. The summed E-state index contributed by atoms with van der Waals surface area (Å²) in [7, 11) is 0. The van der Waals surface area contributed by atoms with E-state index in [1.54, 1.807) is 6.07 Å². The van der Waals surface area contributed by atoms with Crippen LogP contribution in [0.25, 0.3) is 0 Å². The second-order valence-electron chi connectivity index (χ2n) is 3.57. The van der Waals surface area contributed by atoms with Crippen molar-refractivity contribution in [1.82, 2.24) is 4.90 Å². The maximum Gasteiger partial charge on any atom is 0.139 e. The topological polar surface area (TPSA) is 12.5 Å². The van der Waals surface area contributed by atoms with Crippen molar-refractivity contribution in [2.75, 3.05) is 26.2 Å². The molecule has 0 aliphatic heterocycles. The molecule has 0 bridgehead atoms. The quantitative estimate of drug-likeness (QED) is 0.532. The van der Waals surface area contributed by atoms with Gasteiger partial charge in [0.2, 0.25) is 0 Å². The van der Waals surface area contributed by atoms with E-state index in [4.69, 9.17) is 27.9 Å². The van der Waals surface area contributed by atoms with E-state index in [0.29, 0.717) is 22.4 Å². The van der Waals surface area contributed by atoms with E-state index >= 15 is 0 Å². The summed E-state index contributed by atoms with van der Waals surface area (Å²) in [6, 6.07) is 3.59. The molecule has 0 amide bonds. The first-order valence-electron chi connectivity index (χ1n) is 5.58. The second-order valence-corrected chi connectivity index (χ2v) is 5.55. The molecular weight excluding hydrogens is 372 g/mol. The van der Waals surface area contributed by atoms with Crippen LogP contribution in [0.1, 0.15) is 13.8 Å². The number of halogens is 3. The third kappa shape index (κ3) is 4.81. The Balaban J connectivity index is 2.55. The molecular formula is C12H16Cl2INO. The summed E-state index contributed by atoms with van der Waals surface area (Å²) < 4.78 is 6.58. The molecule has 1 rings (SSSR count). The number of benzene rings is 1. The molecule has 0 saturated heterocycles. The minimum absolute atomic E-state index is 0.610. The van der Waals surface area contributed by atoms with Crippen LogP contribution in [-0.4, -0.2) is 31.1 Å². The SMILES string of the molecule is CCN(CC)CCOc1cc(Cl)c(I)cc1Cl. The van der Waals surface area contributed by atoms with E-state index in [9.17, 15) is 0 Å². The number of hydrogen-bond donors (Lipinski definition) is 0. The Morgan fingerprint density at radius 1 is 1.18 bits per heavy atom. The summed E-state index contributed by atoms with van der Waals surface area (Å²) >= 11 is 14.3. The molecule has 1 aromatic rings. The fourth-order valence-electron chi connectivity index (χ4n) is 1.44. The van der Waals surface area contributed by atoms with Gasteiger partial charge < -0.3 is 9.64 Å². The van der Waals surface area contributed by atoms with Crippen LogP contribution in [0.5, 0.6) is 5.75 Å². The molecule has 5 heteroatoms. The van der Waals surface area contributed by atoms with Gasteiger partial charge in [-0.3, -0.25) is 0 Å². The van der Waals surface area contributed by atoms with E-state index in [1.807, 2.05) is 6.07 Å². The minimum atomic E-state index is 0.610. The normalized spacial score (nSPS) is 10.9. The van der Waals surface area contributed by atoms with Gasteiger partial charge in [0, 0.05) is 16.2 Å². The van der Waals surface area contributed by atoms with E-state index < -0.39 is 0 Å². The van der Waals surface area contributed by atoms with Gasteiger partial charge in [-0.1, -0.05) is 37.0 Å². The van der Waals surface area contributed by atoms with E-state index in [-0.39, 0.29) is 0 Å². The molecule has 0 atom stereocenters. The lowest BCUT2D eigenvalue weighted by molar-refractivity contribution is 0.223. The zero-order valence-corrected chi connectivity index (χ0v) is 13.6. The Morgan fingerprint density at radius 2 is 1.82 bits per heavy atom. The highest BCUT2D eigenvalue weighted by Crippen LogP contribution is 2.31. The van der Waals surface area contributed by atoms with Crippen LogP contribution in [0.15, 0.2) is 12.1 Å². The van der Waals surface area contributed by atoms with Gasteiger partial charge in [0.1, 0.15) is 12.4 Å². The Morgan fingerprint density at radius 3 is 2.41 bits per heavy atom. The van der Waals surface area contributed by atoms with Gasteiger partial charge in [0.15, 0.2) is 0 Å². The number of ether oxygens (including phenoxy) is 1. The van der Waals surface area contributed by atoms with Gasteiger partial charge in [-0.05, 0) is 41.7 Å². The Hall–Kier alpha value is 0.290. The molecule has 0 spiro atoms. The summed E-state index contributed by atoms with van der Waals surface area (Å²) in [4.78, 5) is 2.29. The summed E-state index contributed by atoms with van der Waals surface area (Å²) in [5, 5.41) is 1.28. The Labute approximate surface area is 126 Å². The number of nitrogens with zero attached hydrogens (tertiary/aromatic N) is 1. The van der Waals surface area contributed by atoms with Crippen LogP contribution in [0, 0.1) is 3.57 Å². The van der Waals surface area contributed by atoms with Crippen molar-refractivity contribution in [2.24, 2.45) is 0 Å². The molecule has 2 nitrogen and oxygen atoms in total. The molecule has 0 fully saturated rings. The molecule has 17 heavy (non-hydrogen) atoms. The maximum absolute atomic E-state index is 6.08. The number of rotatable bonds is 6. The largest absolute Gasteiger partial charge is 0.491 e. The Bertz CT molecular complexity index is 370. The molecule has 0 N–H and O–H groups in total. The third-order valence-corrected chi connectivity index (χ3v) is 4.35. The lowest BCUT2D eigenvalue weighted by Crippen LogP contribution is -2.27. The molecule has 0 heterocycles. The summed E-state index contributed by atoms with van der Waals surface area (Å²) in [6.07, 6.45) is 0. The second kappa shape index (κ2) is 7.67. The highest BCUT2D eigenvalue weighted by Gasteiger charge is 2.07. The zero-order valence-electron chi connectivity index (χ0n) is 9.97. The minimum Gasteiger partial charge on any atom is -0.491 e. The molecule has 96 valence electrons. The van der Waals surface area contributed by atoms with Crippen LogP contribution in [0.3, 0.4) is 0 Å². The molecule has 0 aliphatic carbocycles. The van der Waals surface area contributed by atoms with Crippen molar-refractivity contribution >= 4 is 45.8 Å². The monoisotopic (exact) mass is 387 g/mol. The van der Waals surface area contributed by atoms with E-state index in [0.717, 1.165) is 23.2 Å². The lowest BCUT2D eigenvalue weighted by Gasteiger charge is -2.18. The van der Waals surface area contributed by atoms with Crippen molar-refractivity contribution < 1.29 is 4.74 Å². The zero-order chi connectivity index (χ0) is 12.8. The average molecular weight is 388 g/mol. The van der Waals surface area contributed by atoms with Crippen molar-refractivity contribution in [2.45, 2.75) is 13.8 Å². The van der Waals surface area contributed by atoms with Gasteiger partial charge >= 0.3 is 0 Å². The van der Waals surface area contributed by atoms with Gasteiger partial charge in [-0.25, -0.2) is 0 Å².